The molecule has 4 aromatic rings. The summed E-state index contributed by atoms with van der Waals surface area (Å²) in [6, 6.07) is 5.69. The Labute approximate surface area is 160 Å². The average Bonchev–Trinajstić information content (AvgIpc) is 3.11. The first kappa shape index (κ1) is 17.2. The summed E-state index contributed by atoms with van der Waals surface area (Å²) in [5.74, 6) is 1.78. The number of methoxy groups -OCH3 is 1. The third-order valence-electron chi connectivity index (χ3n) is 4.20. The minimum absolute atomic E-state index is 0.339. The van der Waals surface area contributed by atoms with Crippen LogP contribution in [0.3, 0.4) is 0 Å². The van der Waals surface area contributed by atoms with Crippen LogP contribution < -0.4 is 10.1 Å². The minimum atomic E-state index is 0.339. The highest BCUT2D eigenvalue weighted by molar-refractivity contribution is 6.33. The maximum absolute atomic E-state index is 6.19. The molecule has 0 atom stereocenters. The Morgan fingerprint density at radius 2 is 2.04 bits per heavy atom. The van der Waals surface area contributed by atoms with Gasteiger partial charge in [0.15, 0.2) is 11.0 Å². The largest absolute Gasteiger partial charge is 0.495 e. The first-order chi connectivity index (χ1) is 13.1. The molecule has 9 heteroatoms. The van der Waals surface area contributed by atoms with E-state index in [0.29, 0.717) is 22.4 Å². The van der Waals surface area contributed by atoms with Crippen molar-refractivity contribution in [3.05, 3.63) is 47.6 Å². The summed E-state index contributed by atoms with van der Waals surface area (Å²) >= 11 is 6.19. The van der Waals surface area contributed by atoms with Crippen molar-refractivity contribution in [2.75, 3.05) is 12.4 Å². The number of rotatable bonds is 4. The summed E-state index contributed by atoms with van der Waals surface area (Å²) in [7, 11) is 3.49. The zero-order valence-electron chi connectivity index (χ0n) is 14.9. The third kappa shape index (κ3) is 3.15. The monoisotopic (exact) mass is 381 g/mol. The predicted octanol–water partition coefficient (Wildman–Crippen LogP) is 3.53. The van der Waals surface area contributed by atoms with Crippen molar-refractivity contribution >= 4 is 34.1 Å². The van der Waals surface area contributed by atoms with Crippen molar-refractivity contribution in [3.8, 4) is 17.1 Å². The quantitative estimate of drug-likeness (QED) is 0.540. The van der Waals surface area contributed by atoms with Crippen molar-refractivity contribution in [1.82, 2.24) is 29.7 Å². The van der Waals surface area contributed by atoms with E-state index in [2.05, 4.69) is 30.5 Å². The van der Waals surface area contributed by atoms with E-state index in [4.69, 9.17) is 16.3 Å². The molecule has 8 nitrogen and oxygen atoms in total. The Bertz CT molecular complexity index is 1140. The second-order valence-electron chi connectivity index (χ2n) is 5.99. The summed E-state index contributed by atoms with van der Waals surface area (Å²) in [6.07, 6.45) is 5.08. The van der Waals surface area contributed by atoms with E-state index in [1.165, 1.54) is 0 Å². The molecule has 0 saturated carbocycles. The number of hydrogen-bond donors (Lipinski definition) is 1. The number of nitrogens with zero attached hydrogens (tertiary/aromatic N) is 6. The summed E-state index contributed by atoms with van der Waals surface area (Å²) < 4.78 is 7.35. The number of halogens is 1. The molecule has 136 valence electrons. The first-order valence-electron chi connectivity index (χ1n) is 8.14. The number of fused-ring (bicyclic) bond motifs is 1. The molecule has 0 bridgehead atoms. The smallest absolute Gasteiger partial charge is 0.227 e. The van der Waals surface area contributed by atoms with Gasteiger partial charge < -0.3 is 14.6 Å². The van der Waals surface area contributed by atoms with Gasteiger partial charge in [-0.15, -0.1) is 10.2 Å². The zero-order chi connectivity index (χ0) is 19.0. The molecule has 27 heavy (non-hydrogen) atoms. The summed E-state index contributed by atoms with van der Waals surface area (Å²) in [6.45, 7) is 1.94. The normalized spacial score (nSPS) is 11.0. The van der Waals surface area contributed by atoms with Gasteiger partial charge in [0, 0.05) is 30.4 Å². The summed E-state index contributed by atoms with van der Waals surface area (Å²) in [5, 5.41) is 12.4. The van der Waals surface area contributed by atoms with Crippen LogP contribution in [-0.4, -0.2) is 36.8 Å². The minimum Gasteiger partial charge on any atom is -0.495 e. The first-order valence-corrected chi connectivity index (χ1v) is 8.52. The summed E-state index contributed by atoms with van der Waals surface area (Å²) in [4.78, 5) is 13.0. The van der Waals surface area contributed by atoms with E-state index in [9.17, 15) is 0 Å². The van der Waals surface area contributed by atoms with E-state index in [1.807, 2.05) is 36.7 Å². The van der Waals surface area contributed by atoms with Gasteiger partial charge in [-0.3, -0.25) is 0 Å². The fourth-order valence-electron chi connectivity index (χ4n) is 2.77. The Hall–Kier alpha value is -3.26. The molecule has 1 aromatic carbocycles. The highest BCUT2D eigenvalue weighted by Gasteiger charge is 2.12. The number of benzene rings is 1. The lowest BCUT2D eigenvalue weighted by molar-refractivity contribution is 0.417. The fourth-order valence-corrected chi connectivity index (χ4v) is 2.96. The van der Waals surface area contributed by atoms with Gasteiger partial charge in [-0.25, -0.2) is 15.0 Å². The molecule has 0 aliphatic heterocycles. The van der Waals surface area contributed by atoms with Crippen molar-refractivity contribution in [2.45, 2.75) is 6.92 Å². The second-order valence-corrected chi connectivity index (χ2v) is 6.35. The van der Waals surface area contributed by atoms with E-state index < -0.39 is 0 Å². The van der Waals surface area contributed by atoms with Crippen LogP contribution in [0.2, 0.25) is 5.15 Å². The van der Waals surface area contributed by atoms with Gasteiger partial charge in [0.2, 0.25) is 5.95 Å². The SMILES string of the molecule is COc1cc(-c2nncn2C)ccc1Nc1ncc2c(C)cnc(Cl)c2n1. The maximum atomic E-state index is 6.19. The number of ether oxygens (including phenoxy) is 1. The molecule has 3 heterocycles. The molecule has 0 fully saturated rings. The van der Waals surface area contributed by atoms with E-state index in [0.717, 1.165) is 28.0 Å². The van der Waals surface area contributed by atoms with Crippen molar-refractivity contribution < 1.29 is 4.74 Å². The number of hydrogen-bond acceptors (Lipinski definition) is 7. The summed E-state index contributed by atoms with van der Waals surface area (Å²) in [5.41, 5.74) is 3.18. The number of aryl methyl sites for hydroxylation is 2. The van der Waals surface area contributed by atoms with Crippen LogP contribution in [0, 0.1) is 6.92 Å². The standard InChI is InChI=1S/C18H16ClN7O/c1-10-7-20-16(19)15-12(10)8-21-18(24-15)23-13-5-4-11(6-14(13)27-3)17-25-22-9-26(17)2/h4-9H,1-3H3,(H,21,23,24). The Balaban J connectivity index is 1.71. The highest BCUT2D eigenvalue weighted by atomic mass is 35.5. The predicted molar refractivity (Wildman–Crippen MR) is 103 cm³/mol. The van der Waals surface area contributed by atoms with Crippen LogP contribution in [0.15, 0.2) is 36.9 Å². The molecule has 3 aromatic heterocycles. The zero-order valence-corrected chi connectivity index (χ0v) is 15.7. The molecule has 0 aliphatic rings. The average molecular weight is 382 g/mol. The molecule has 1 N–H and O–H groups in total. The van der Waals surface area contributed by atoms with Crippen LogP contribution in [0.5, 0.6) is 5.75 Å². The molecule has 0 radical (unpaired) electrons. The van der Waals surface area contributed by atoms with E-state index >= 15 is 0 Å². The number of anilines is 2. The van der Waals surface area contributed by atoms with Crippen LogP contribution in [0.25, 0.3) is 22.3 Å². The van der Waals surface area contributed by atoms with Crippen LogP contribution in [0.1, 0.15) is 5.56 Å². The number of pyridine rings is 1. The van der Waals surface area contributed by atoms with Crippen LogP contribution in [-0.2, 0) is 7.05 Å². The molecule has 0 amide bonds. The van der Waals surface area contributed by atoms with Gasteiger partial charge in [0.1, 0.15) is 17.6 Å². The van der Waals surface area contributed by atoms with Gasteiger partial charge in [0.05, 0.1) is 12.8 Å². The molecule has 0 saturated heterocycles. The molecule has 0 unspecified atom stereocenters. The fraction of sp³-hybridized carbons (Fsp3) is 0.167. The van der Waals surface area contributed by atoms with Gasteiger partial charge in [-0.05, 0) is 30.7 Å². The van der Waals surface area contributed by atoms with Crippen molar-refractivity contribution in [2.24, 2.45) is 7.05 Å². The van der Waals surface area contributed by atoms with E-state index in [-0.39, 0.29) is 0 Å². The highest BCUT2D eigenvalue weighted by Crippen LogP contribution is 2.32. The molecule has 0 spiro atoms. The number of aromatic nitrogens is 6. The maximum Gasteiger partial charge on any atom is 0.227 e. The van der Waals surface area contributed by atoms with Crippen molar-refractivity contribution in [3.63, 3.8) is 0 Å². The van der Waals surface area contributed by atoms with Crippen LogP contribution in [0.4, 0.5) is 11.6 Å². The Kier molecular flexibility index (Phi) is 4.33. The van der Waals surface area contributed by atoms with Gasteiger partial charge in [0.25, 0.3) is 0 Å². The Morgan fingerprint density at radius 1 is 1.19 bits per heavy atom. The van der Waals surface area contributed by atoms with Gasteiger partial charge in [-0.1, -0.05) is 11.6 Å². The topological polar surface area (TPSA) is 90.6 Å². The van der Waals surface area contributed by atoms with Crippen molar-refractivity contribution in [1.29, 1.82) is 0 Å². The third-order valence-corrected chi connectivity index (χ3v) is 4.47. The van der Waals surface area contributed by atoms with E-state index in [1.54, 1.807) is 25.8 Å². The van der Waals surface area contributed by atoms with Crippen LogP contribution >= 0.6 is 11.6 Å². The van der Waals surface area contributed by atoms with Gasteiger partial charge >= 0.3 is 0 Å². The molecule has 0 aliphatic carbocycles. The lowest BCUT2D eigenvalue weighted by atomic mass is 10.1. The Morgan fingerprint density at radius 3 is 2.78 bits per heavy atom. The second kappa shape index (κ2) is 6.81. The number of nitrogens with one attached hydrogen (secondary N) is 1. The molecular weight excluding hydrogens is 366 g/mol. The molecule has 4 rings (SSSR count). The lowest BCUT2D eigenvalue weighted by Gasteiger charge is -2.12. The van der Waals surface area contributed by atoms with Gasteiger partial charge in [-0.2, -0.15) is 0 Å². The molecular formula is C18H16ClN7O. The lowest BCUT2D eigenvalue weighted by Crippen LogP contribution is -2.01.